The Labute approximate surface area is 154 Å². The Bertz CT molecular complexity index is 927. The summed E-state index contributed by atoms with van der Waals surface area (Å²) < 4.78 is 0.892. The van der Waals surface area contributed by atoms with Gasteiger partial charge in [0.2, 0.25) is 5.95 Å². The van der Waals surface area contributed by atoms with Crippen molar-refractivity contribution in [3.05, 3.63) is 76.0 Å². The first kappa shape index (κ1) is 17.1. The molecule has 0 aliphatic carbocycles. The molecule has 25 heavy (non-hydrogen) atoms. The molecule has 1 aromatic heterocycles. The second-order valence-corrected chi connectivity index (χ2v) is 6.43. The van der Waals surface area contributed by atoms with Crippen LogP contribution in [0.15, 0.2) is 59.2 Å². The van der Waals surface area contributed by atoms with Crippen LogP contribution in [-0.4, -0.2) is 15.9 Å². The molecule has 0 saturated carbocycles. The fraction of sp³-hybridized carbons (Fsp3) is 0.105. The van der Waals surface area contributed by atoms with Crippen LogP contribution in [0.1, 0.15) is 21.6 Å². The number of aryl methyl sites for hydroxylation is 1. The molecule has 3 rings (SSSR count). The van der Waals surface area contributed by atoms with Gasteiger partial charge in [0.25, 0.3) is 5.91 Å². The van der Waals surface area contributed by atoms with Crippen LogP contribution in [0.3, 0.4) is 0 Å². The number of aromatic nitrogens is 2. The van der Waals surface area contributed by atoms with Crippen molar-refractivity contribution in [1.29, 1.82) is 0 Å². The molecule has 0 atom stereocenters. The number of benzene rings is 2. The maximum absolute atomic E-state index is 12.5. The number of rotatable bonds is 4. The number of halogens is 1. The average molecular weight is 397 g/mol. The summed E-state index contributed by atoms with van der Waals surface area (Å²) in [6, 6.07) is 15.0. The van der Waals surface area contributed by atoms with Gasteiger partial charge in [-0.15, -0.1) is 0 Å². The minimum Gasteiger partial charge on any atom is -0.323 e. The number of carbonyl (C=O) groups excluding carboxylic acids is 1. The van der Waals surface area contributed by atoms with Gasteiger partial charge in [0, 0.05) is 16.4 Å². The maximum Gasteiger partial charge on any atom is 0.274 e. The van der Waals surface area contributed by atoms with Crippen LogP contribution in [0, 0.1) is 13.8 Å². The Morgan fingerprint density at radius 3 is 2.56 bits per heavy atom. The van der Waals surface area contributed by atoms with Crippen molar-refractivity contribution < 1.29 is 4.79 Å². The van der Waals surface area contributed by atoms with E-state index in [1.807, 2.05) is 56.3 Å². The number of amides is 1. The first-order valence-corrected chi connectivity index (χ1v) is 8.56. The van der Waals surface area contributed by atoms with E-state index in [-0.39, 0.29) is 5.91 Å². The van der Waals surface area contributed by atoms with E-state index in [9.17, 15) is 4.79 Å². The summed E-state index contributed by atoms with van der Waals surface area (Å²) in [5, 5.41) is 6.01. The Morgan fingerprint density at radius 2 is 1.76 bits per heavy atom. The lowest BCUT2D eigenvalue weighted by Crippen LogP contribution is -2.15. The topological polar surface area (TPSA) is 66.9 Å². The van der Waals surface area contributed by atoms with Gasteiger partial charge in [-0.05, 0) is 65.2 Å². The van der Waals surface area contributed by atoms with Gasteiger partial charge in [0.1, 0.15) is 5.69 Å². The van der Waals surface area contributed by atoms with Gasteiger partial charge in [-0.25, -0.2) is 9.97 Å². The van der Waals surface area contributed by atoms with Gasteiger partial charge < -0.3 is 10.6 Å². The molecule has 6 heteroatoms. The lowest BCUT2D eigenvalue weighted by Gasteiger charge is -2.11. The number of anilines is 3. The molecule has 1 heterocycles. The summed E-state index contributed by atoms with van der Waals surface area (Å²) in [6.45, 7) is 3.99. The van der Waals surface area contributed by atoms with Gasteiger partial charge in [0.05, 0.1) is 5.69 Å². The second-order valence-electron chi connectivity index (χ2n) is 5.57. The molecule has 0 unspecified atom stereocenters. The number of nitrogens with zero attached hydrogens (tertiary/aromatic N) is 2. The third kappa shape index (κ3) is 4.03. The summed E-state index contributed by atoms with van der Waals surface area (Å²) in [5.74, 6) is 0.0896. The van der Waals surface area contributed by atoms with E-state index >= 15 is 0 Å². The van der Waals surface area contributed by atoms with E-state index in [0.717, 1.165) is 27.0 Å². The van der Waals surface area contributed by atoms with Crippen molar-refractivity contribution in [2.75, 3.05) is 10.6 Å². The summed E-state index contributed by atoms with van der Waals surface area (Å²) in [4.78, 5) is 21.0. The van der Waals surface area contributed by atoms with Crippen molar-refractivity contribution in [1.82, 2.24) is 9.97 Å². The summed E-state index contributed by atoms with van der Waals surface area (Å²) in [6.07, 6.45) is 1.56. The van der Waals surface area contributed by atoms with Crippen molar-refractivity contribution in [3.8, 4) is 0 Å². The fourth-order valence-electron chi connectivity index (χ4n) is 2.30. The van der Waals surface area contributed by atoms with Gasteiger partial charge in [-0.2, -0.15) is 0 Å². The summed E-state index contributed by atoms with van der Waals surface area (Å²) in [7, 11) is 0. The zero-order valence-electron chi connectivity index (χ0n) is 13.9. The normalized spacial score (nSPS) is 10.4. The first-order chi connectivity index (χ1) is 12.0. The van der Waals surface area contributed by atoms with E-state index in [4.69, 9.17) is 0 Å². The lowest BCUT2D eigenvalue weighted by atomic mass is 10.1. The molecule has 1 amide bonds. The molecule has 0 aliphatic heterocycles. The van der Waals surface area contributed by atoms with Crippen LogP contribution in [0.2, 0.25) is 0 Å². The Balaban J connectivity index is 1.80. The number of hydrogen-bond acceptors (Lipinski definition) is 4. The minimum atomic E-state index is -0.272. The van der Waals surface area contributed by atoms with Crippen LogP contribution in [0.5, 0.6) is 0 Å². The molecule has 0 fully saturated rings. The monoisotopic (exact) mass is 396 g/mol. The predicted molar refractivity (Wildman–Crippen MR) is 103 cm³/mol. The fourth-order valence-corrected chi connectivity index (χ4v) is 2.69. The number of nitrogens with one attached hydrogen (secondary N) is 2. The van der Waals surface area contributed by atoms with Crippen molar-refractivity contribution in [2.45, 2.75) is 13.8 Å². The van der Waals surface area contributed by atoms with E-state index in [0.29, 0.717) is 11.6 Å². The highest BCUT2D eigenvalue weighted by atomic mass is 79.9. The number of para-hydroxylation sites is 1. The van der Waals surface area contributed by atoms with E-state index in [2.05, 4.69) is 36.5 Å². The second kappa shape index (κ2) is 7.44. The summed E-state index contributed by atoms with van der Waals surface area (Å²) >= 11 is 3.46. The van der Waals surface area contributed by atoms with Crippen molar-refractivity contribution >= 4 is 39.2 Å². The Hall–Kier alpha value is -2.73. The highest BCUT2D eigenvalue weighted by Gasteiger charge is 2.11. The minimum absolute atomic E-state index is 0.272. The van der Waals surface area contributed by atoms with Crippen molar-refractivity contribution in [2.24, 2.45) is 0 Å². The van der Waals surface area contributed by atoms with Crippen LogP contribution in [0.4, 0.5) is 17.3 Å². The van der Waals surface area contributed by atoms with Gasteiger partial charge >= 0.3 is 0 Å². The lowest BCUT2D eigenvalue weighted by molar-refractivity contribution is 0.102. The third-order valence-electron chi connectivity index (χ3n) is 3.86. The molecule has 2 aromatic carbocycles. The van der Waals surface area contributed by atoms with Gasteiger partial charge in [0.15, 0.2) is 0 Å². The van der Waals surface area contributed by atoms with E-state index < -0.39 is 0 Å². The van der Waals surface area contributed by atoms with Gasteiger partial charge in [-0.3, -0.25) is 4.79 Å². The molecular weight excluding hydrogens is 380 g/mol. The Kier molecular flexibility index (Phi) is 5.09. The average Bonchev–Trinajstić information content (AvgIpc) is 2.61. The molecule has 3 aromatic rings. The molecule has 0 spiro atoms. The maximum atomic E-state index is 12.5. The van der Waals surface area contributed by atoms with Crippen LogP contribution in [-0.2, 0) is 0 Å². The molecule has 0 aliphatic rings. The first-order valence-electron chi connectivity index (χ1n) is 7.77. The smallest absolute Gasteiger partial charge is 0.274 e. The van der Waals surface area contributed by atoms with E-state index in [1.54, 1.807) is 12.3 Å². The Morgan fingerprint density at radius 1 is 1.00 bits per heavy atom. The van der Waals surface area contributed by atoms with Crippen molar-refractivity contribution in [3.63, 3.8) is 0 Å². The largest absolute Gasteiger partial charge is 0.323 e. The number of hydrogen-bond donors (Lipinski definition) is 2. The predicted octanol–water partition coefficient (Wildman–Crippen LogP) is 4.85. The molecule has 0 bridgehead atoms. The summed E-state index contributed by atoms with van der Waals surface area (Å²) in [5.41, 5.74) is 4.07. The molecule has 126 valence electrons. The third-order valence-corrected chi connectivity index (χ3v) is 4.55. The highest BCUT2D eigenvalue weighted by molar-refractivity contribution is 9.10. The SMILES string of the molecule is Cc1cccc(NC(=O)c2ccnc(Nc3ccccc3Br)n2)c1C. The van der Waals surface area contributed by atoms with E-state index in [1.165, 1.54) is 0 Å². The zero-order chi connectivity index (χ0) is 17.8. The van der Waals surface area contributed by atoms with Crippen LogP contribution in [0.25, 0.3) is 0 Å². The molecular formula is C19H17BrN4O. The molecule has 0 saturated heterocycles. The standard InChI is InChI=1S/C19H17BrN4O/c1-12-6-5-9-15(13(12)2)22-18(25)17-10-11-21-19(24-17)23-16-8-4-3-7-14(16)20/h3-11H,1-2H3,(H,22,25)(H,21,23,24). The quantitative estimate of drug-likeness (QED) is 0.661. The number of carbonyl (C=O) groups is 1. The van der Waals surface area contributed by atoms with Gasteiger partial charge in [-0.1, -0.05) is 24.3 Å². The molecule has 2 N–H and O–H groups in total. The molecule has 0 radical (unpaired) electrons. The zero-order valence-corrected chi connectivity index (χ0v) is 15.5. The molecule has 5 nitrogen and oxygen atoms in total. The van der Waals surface area contributed by atoms with Crippen LogP contribution < -0.4 is 10.6 Å². The van der Waals surface area contributed by atoms with Crippen LogP contribution >= 0.6 is 15.9 Å². The highest BCUT2D eigenvalue weighted by Crippen LogP contribution is 2.24.